The summed E-state index contributed by atoms with van der Waals surface area (Å²) in [5.41, 5.74) is 9.38. The monoisotopic (exact) mass is 599 g/mol. The average Bonchev–Trinajstić information content (AvgIpc) is 2.96. The number of fused-ring (bicyclic) bond motifs is 1. The third-order valence-corrected chi connectivity index (χ3v) is 7.02. The van der Waals surface area contributed by atoms with Gasteiger partial charge in [-0.2, -0.15) is 13.2 Å². The summed E-state index contributed by atoms with van der Waals surface area (Å²) in [6, 6.07) is 18.3. The highest BCUT2D eigenvalue weighted by molar-refractivity contribution is 5.90. The predicted molar refractivity (Wildman–Crippen MR) is 146 cm³/mol. The number of hydrogen-bond donors (Lipinski definition) is 2. The first-order valence-electron chi connectivity index (χ1n) is 13.4. The molecule has 0 unspecified atom stereocenters. The van der Waals surface area contributed by atoms with Gasteiger partial charge in [0.05, 0.1) is 6.42 Å². The summed E-state index contributed by atoms with van der Waals surface area (Å²) in [5, 5.41) is 2.81. The van der Waals surface area contributed by atoms with E-state index in [4.69, 9.17) is 5.73 Å². The van der Waals surface area contributed by atoms with E-state index in [0.29, 0.717) is 16.7 Å². The Morgan fingerprint density at radius 3 is 2.23 bits per heavy atom. The first kappa shape index (κ1) is 31.4. The SMILES string of the molecule is N[C@@H](CC(=O)N1Cc2ccccc2C[C@H]1C(=O)NCc1ccc(CC(=O)OC(=O)C(F)(F)F)cc1)Cc1ccccc1F. The molecule has 43 heavy (non-hydrogen) atoms. The largest absolute Gasteiger partial charge is 0.491 e. The van der Waals surface area contributed by atoms with Gasteiger partial charge in [0.15, 0.2) is 0 Å². The molecule has 12 heteroatoms. The number of hydrogen-bond acceptors (Lipinski definition) is 6. The third-order valence-electron chi connectivity index (χ3n) is 7.02. The van der Waals surface area contributed by atoms with Crippen LogP contribution in [0.1, 0.15) is 34.2 Å². The van der Waals surface area contributed by atoms with E-state index >= 15 is 0 Å². The Balaban J connectivity index is 1.37. The lowest BCUT2D eigenvalue weighted by molar-refractivity contribution is -0.201. The van der Waals surface area contributed by atoms with Crippen LogP contribution in [-0.4, -0.2) is 46.9 Å². The van der Waals surface area contributed by atoms with Gasteiger partial charge in [0.25, 0.3) is 0 Å². The first-order valence-corrected chi connectivity index (χ1v) is 13.4. The summed E-state index contributed by atoms with van der Waals surface area (Å²) in [6.45, 7) is 0.282. The molecule has 0 saturated heterocycles. The molecule has 0 saturated carbocycles. The Labute approximate surface area is 244 Å². The minimum absolute atomic E-state index is 0.0725. The van der Waals surface area contributed by atoms with Crippen LogP contribution in [0.2, 0.25) is 0 Å². The number of carbonyl (C=O) groups is 4. The second-order valence-corrected chi connectivity index (χ2v) is 10.2. The maximum Gasteiger partial charge on any atom is 0.491 e. The molecule has 0 spiro atoms. The van der Waals surface area contributed by atoms with Crippen molar-refractivity contribution in [1.29, 1.82) is 0 Å². The lowest BCUT2D eigenvalue weighted by Crippen LogP contribution is -2.53. The Morgan fingerprint density at radius 1 is 0.930 bits per heavy atom. The maximum absolute atomic E-state index is 14.1. The second-order valence-electron chi connectivity index (χ2n) is 10.2. The van der Waals surface area contributed by atoms with Crippen LogP contribution in [0.3, 0.4) is 0 Å². The minimum Gasteiger partial charge on any atom is -0.386 e. The fourth-order valence-electron chi connectivity index (χ4n) is 4.83. The highest BCUT2D eigenvalue weighted by atomic mass is 19.4. The molecule has 2 atom stereocenters. The van der Waals surface area contributed by atoms with Gasteiger partial charge in [-0.1, -0.05) is 66.7 Å². The molecule has 8 nitrogen and oxygen atoms in total. The summed E-state index contributed by atoms with van der Waals surface area (Å²) in [7, 11) is 0. The zero-order valence-corrected chi connectivity index (χ0v) is 22.9. The molecule has 3 N–H and O–H groups in total. The molecule has 1 aliphatic rings. The van der Waals surface area contributed by atoms with Gasteiger partial charge < -0.3 is 20.7 Å². The van der Waals surface area contributed by atoms with E-state index < -0.39 is 48.3 Å². The number of carbonyl (C=O) groups excluding carboxylic acids is 4. The molecule has 0 aromatic heterocycles. The lowest BCUT2D eigenvalue weighted by atomic mass is 9.92. The van der Waals surface area contributed by atoms with Crippen LogP contribution in [0.5, 0.6) is 0 Å². The van der Waals surface area contributed by atoms with E-state index in [9.17, 15) is 36.7 Å². The summed E-state index contributed by atoms with van der Waals surface area (Å²) in [4.78, 5) is 50.7. The maximum atomic E-state index is 14.1. The van der Waals surface area contributed by atoms with Crippen molar-refractivity contribution in [3.63, 3.8) is 0 Å². The van der Waals surface area contributed by atoms with Crippen LogP contribution in [0.25, 0.3) is 0 Å². The van der Waals surface area contributed by atoms with E-state index in [-0.39, 0.29) is 38.3 Å². The summed E-state index contributed by atoms with van der Waals surface area (Å²) < 4.78 is 54.7. The number of nitrogens with one attached hydrogen (secondary N) is 1. The van der Waals surface area contributed by atoms with Crippen molar-refractivity contribution >= 4 is 23.8 Å². The first-order chi connectivity index (χ1) is 20.4. The lowest BCUT2D eigenvalue weighted by Gasteiger charge is -2.36. The van der Waals surface area contributed by atoms with Gasteiger partial charge >= 0.3 is 18.1 Å². The minimum atomic E-state index is -5.27. The van der Waals surface area contributed by atoms with Crippen LogP contribution < -0.4 is 11.1 Å². The predicted octanol–water partition coefficient (Wildman–Crippen LogP) is 3.53. The molecule has 4 rings (SSSR count). The zero-order valence-electron chi connectivity index (χ0n) is 22.9. The molecule has 2 amide bonds. The second kappa shape index (κ2) is 13.6. The number of nitrogens with zero attached hydrogens (tertiary/aromatic N) is 1. The summed E-state index contributed by atoms with van der Waals surface area (Å²) >= 11 is 0. The van der Waals surface area contributed by atoms with Crippen LogP contribution in [0.4, 0.5) is 17.6 Å². The van der Waals surface area contributed by atoms with Crippen molar-refractivity contribution in [1.82, 2.24) is 10.2 Å². The number of alkyl halides is 3. The number of nitrogens with two attached hydrogens (primary N) is 1. The molecule has 1 aliphatic heterocycles. The van der Waals surface area contributed by atoms with Gasteiger partial charge in [-0.05, 0) is 40.3 Å². The van der Waals surface area contributed by atoms with Gasteiger partial charge in [-0.25, -0.2) is 9.18 Å². The van der Waals surface area contributed by atoms with Gasteiger partial charge in [0, 0.05) is 32.0 Å². The van der Waals surface area contributed by atoms with Crippen molar-refractivity contribution in [3.8, 4) is 0 Å². The van der Waals surface area contributed by atoms with Crippen LogP contribution in [0.15, 0.2) is 72.8 Å². The highest BCUT2D eigenvalue weighted by Gasteiger charge is 2.42. The van der Waals surface area contributed by atoms with E-state index in [1.54, 1.807) is 30.3 Å². The zero-order chi connectivity index (χ0) is 31.1. The number of halogens is 4. The van der Waals surface area contributed by atoms with Gasteiger partial charge in [0.1, 0.15) is 11.9 Å². The molecule has 226 valence electrons. The summed E-state index contributed by atoms with van der Waals surface area (Å²) in [5.74, 6) is -5.07. The normalized spacial score (nSPS) is 15.3. The van der Waals surface area contributed by atoms with Gasteiger partial charge in [-0.3, -0.25) is 14.4 Å². The molecular formula is C31H29F4N3O5. The fourth-order valence-corrected chi connectivity index (χ4v) is 4.83. The Kier molecular flexibility index (Phi) is 9.92. The molecule has 3 aromatic carbocycles. The highest BCUT2D eigenvalue weighted by Crippen LogP contribution is 2.25. The van der Waals surface area contributed by atoms with Crippen molar-refractivity contribution in [2.45, 2.75) is 57.0 Å². The molecule has 1 heterocycles. The van der Waals surface area contributed by atoms with E-state index in [1.165, 1.54) is 23.1 Å². The molecule has 0 fully saturated rings. The fraction of sp³-hybridized carbons (Fsp3) is 0.290. The van der Waals surface area contributed by atoms with Gasteiger partial charge in [-0.15, -0.1) is 0 Å². The molecule has 0 aliphatic carbocycles. The van der Waals surface area contributed by atoms with E-state index in [2.05, 4.69) is 10.1 Å². The van der Waals surface area contributed by atoms with Crippen molar-refractivity contribution < 1.29 is 41.5 Å². The molecule has 0 radical (unpaired) electrons. The molecular weight excluding hydrogens is 570 g/mol. The Bertz CT molecular complexity index is 1490. The smallest absolute Gasteiger partial charge is 0.386 e. The third kappa shape index (κ3) is 8.48. The Morgan fingerprint density at radius 2 is 1.56 bits per heavy atom. The van der Waals surface area contributed by atoms with Crippen molar-refractivity contribution in [3.05, 3.63) is 106 Å². The van der Waals surface area contributed by atoms with Crippen LogP contribution in [-0.2, 0) is 56.3 Å². The summed E-state index contributed by atoms with van der Waals surface area (Å²) in [6.07, 6.45) is -5.46. The topological polar surface area (TPSA) is 119 Å². The standard InChI is InChI=1S/C31H29F4N3O5/c32-25-8-4-3-6-22(25)14-24(36)16-27(39)38-18-23-7-2-1-5-21(23)15-26(38)29(41)37-17-20-11-9-19(10-12-20)13-28(40)43-30(42)31(33,34)35/h1-12,24,26H,13-18,36H2,(H,37,41)/t24-,26+/m1/s1. The van der Waals surface area contributed by atoms with Gasteiger partial charge in [0.2, 0.25) is 11.8 Å². The number of ether oxygens (including phenoxy) is 1. The average molecular weight is 600 g/mol. The van der Waals surface area contributed by atoms with E-state index in [0.717, 1.165) is 11.1 Å². The molecule has 3 aromatic rings. The Hall–Kier alpha value is -4.58. The van der Waals surface area contributed by atoms with Crippen LogP contribution >= 0.6 is 0 Å². The number of rotatable bonds is 9. The van der Waals surface area contributed by atoms with Crippen molar-refractivity contribution in [2.24, 2.45) is 5.73 Å². The number of amides is 2. The van der Waals surface area contributed by atoms with Crippen molar-refractivity contribution in [2.75, 3.05) is 0 Å². The number of esters is 2. The number of benzene rings is 3. The van der Waals surface area contributed by atoms with Crippen LogP contribution in [0, 0.1) is 5.82 Å². The molecule has 0 bridgehead atoms. The van der Waals surface area contributed by atoms with E-state index in [1.807, 2.05) is 24.3 Å². The quantitative estimate of drug-likeness (QED) is 0.221.